The van der Waals surface area contributed by atoms with E-state index in [1.54, 1.807) is 20.4 Å². The fraction of sp³-hybridized carbons (Fsp3) is 0.333. The Labute approximate surface area is 82.2 Å². The van der Waals surface area contributed by atoms with Crippen LogP contribution < -0.4 is 4.90 Å². The molecular weight excluding hydrogens is 180 g/mol. The van der Waals surface area contributed by atoms with Crippen LogP contribution in [0.15, 0.2) is 12.9 Å². The third kappa shape index (κ3) is 0.891. The minimum absolute atomic E-state index is 0.110. The predicted octanol–water partition coefficient (Wildman–Crippen LogP) is 0.892. The van der Waals surface area contributed by atoms with Crippen LogP contribution in [0.1, 0.15) is 5.69 Å². The molecule has 0 spiro atoms. The van der Waals surface area contributed by atoms with E-state index in [2.05, 4.69) is 11.6 Å². The van der Waals surface area contributed by atoms with E-state index in [4.69, 9.17) is 0 Å². The zero-order chi connectivity index (χ0) is 10.5. The van der Waals surface area contributed by atoms with Crippen molar-refractivity contribution in [3.63, 3.8) is 0 Å². The van der Waals surface area contributed by atoms with Crippen LogP contribution in [0, 0.1) is 0 Å². The van der Waals surface area contributed by atoms with E-state index in [9.17, 15) is 4.79 Å². The predicted molar refractivity (Wildman–Crippen MR) is 53.8 cm³/mol. The number of carbonyl (C=O) groups excluding carboxylic acids is 1. The third-order valence-electron chi connectivity index (χ3n) is 2.49. The zero-order valence-electron chi connectivity index (χ0n) is 8.48. The smallest absolute Gasteiger partial charge is 0.329 e. The minimum atomic E-state index is -0.110. The summed E-state index contributed by atoms with van der Waals surface area (Å²) < 4.78 is 1.86. The number of anilines is 1. The number of carbonyl (C=O) groups is 1. The number of nitrogens with zero attached hydrogens (tertiary/aromatic N) is 4. The molecule has 2 heterocycles. The van der Waals surface area contributed by atoms with Crippen LogP contribution in [0.3, 0.4) is 0 Å². The summed E-state index contributed by atoms with van der Waals surface area (Å²) in [5.41, 5.74) is 1.57. The highest BCUT2D eigenvalue weighted by Gasteiger charge is 2.31. The maximum absolute atomic E-state index is 11.6. The van der Waals surface area contributed by atoms with E-state index in [0.29, 0.717) is 11.5 Å². The Morgan fingerprint density at radius 3 is 2.57 bits per heavy atom. The quantitative estimate of drug-likeness (QED) is 0.612. The standard InChI is InChI=1S/C9H12N4O/c1-6-7-8(10-5-11(7)2)13(4)9(14)12(6)3/h5H,1H2,2-4H3. The van der Waals surface area contributed by atoms with Crippen molar-refractivity contribution in [1.29, 1.82) is 0 Å². The second-order valence-electron chi connectivity index (χ2n) is 3.37. The van der Waals surface area contributed by atoms with Crippen molar-refractivity contribution in [3.05, 3.63) is 18.6 Å². The largest absolute Gasteiger partial charge is 0.331 e. The van der Waals surface area contributed by atoms with Gasteiger partial charge in [0.25, 0.3) is 0 Å². The highest BCUT2D eigenvalue weighted by Crippen LogP contribution is 2.31. The lowest BCUT2D eigenvalue weighted by molar-refractivity contribution is 0.230. The lowest BCUT2D eigenvalue weighted by atomic mass is 10.2. The third-order valence-corrected chi connectivity index (χ3v) is 2.49. The second-order valence-corrected chi connectivity index (χ2v) is 3.37. The van der Waals surface area contributed by atoms with Gasteiger partial charge in [-0.25, -0.2) is 9.78 Å². The molecule has 5 heteroatoms. The number of aryl methyl sites for hydroxylation is 1. The summed E-state index contributed by atoms with van der Waals surface area (Å²) >= 11 is 0. The molecule has 0 unspecified atom stereocenters. The van der Waals surface area contributed by atoms with Gasteiger partial charge in [0, 0.05) is 21.1 Å². The fourth-order valence-corrected chi connectivity index (χ4v) is 1.59. The van der Waals surface area contributed by atoms with Crippen LogP contribution in [0.5, 0.6) is 0 Å². The van der Waals surface area contributed by atoms with E-state index in [1.165, 1.54) is 9.80 Å². The molecule has 0 atom stereocenters. The van der Waals surface area contributed by atoms with Crippen molar-refractivity contribution >= 4 is 17.5 Å². The first-order chi connectivity index (χ1) is 6.54. The van der Waals surface area contributed by atoms with Crippen LogP contribution in [0.4, 0.5) is 10.6 Å². The number of imidazole rings is 1. The number of hydrogen-bond acceptors (Lipinski definition) is 2. The van der Waals surface area contributed by atoms with Gasteiger partial charge in [-0.1, -0.05) is 6.58 Å². The summed E-state index contributed by atoms with van der Waals surface area (Å²) in [6.07, 6.45) is 1.68. The van der Waals surface area contributed by atoms with E-state index in [-0.39, 0.29) is 6.03 Å². The molecule has 0 N–H and O–H groups in total. The van der Waals surface area contributed by atoms with Gasteiger partial charge in [-0.2, -0.15) is 0 Å². The fourth-order valence-electron chi connectivity index (χ4n) is 1.59. The number of urea groups is 1. The maximum Gasteiger partial charge on any atom is 0.329 e. The molecule has 2 rings (SSSR count). The van der Waals surface area contributed by atoms with E-state index < -0.39 is 0 Å². The molecule has 1 aliphatic rings. The molecule has 1 aliphatic heterocycles. The average Bonchev–Trinajstić information content (AvgIpc) is 2.54. The van der Waals surface area contributed by atoms with Crippen LogP contribution in [0.25, 0.3) is 5.70 Å². The number of fused-ring (bicyclic) bond motifs is 1. The van der Waals surface area contributed by atoms with Crippen LogP contribution in [-0.4, -0.2) is 34.6 Å². The molecule has 2 amide bonds. The maximum atomic E-state index is 11.6. The Bertz CT molecular complexity index is 420. The Morgan fingerprint density at radius 2 is 1.93 bits per heavy atom. The highest BCUT2D eigenvalue weighted by molar-refractivity contribution is 6.02. The van der Waals surface area contributed by atoms with Gasteiger partial charge in [0.1, 0.15) is 5.69 Å². The lowest BCUT2D eigenvalue weighted by Gasteiger charge is -2.31. The van der Waals surface area contributed by atoms with E-state index in [1.807, 2.05) is 11.6 Å². The van der Waals surface area contributed by atoms with Crippen molar-refractivity contribution in [2.75, 3.05) is 19.0 Å². The molecule has 0 saturated carbocycles. The van der Waals surface area contributed by atoms with Gasteiger partial charge in [-0.05, 0) is 0 Å². The van der Waals surface area contributed by atoms with Crippen molar-refractivity contribution in [3.8, 4) is 0 Å². The van der Waals surface area contributed by atoms with Crippen LogP contribution >= 0.6 is 0 Å². The van der Waals surface area contributed by atoms with E-state index >= 15 is 0 Å². The molecule has 0 aliphatic carbocycles. The number of aromatic nitrogens is 2. The molecule has 0 bridgehead atoms. The van der Waals surface area contributed by atoms with Gasteiger partial charge < -0.3 is 4.57 Å². The normalized spacial score (nSPS) is 16.2. The first-order valence-corrected chi connectivity index (χ1v) is 4.26. The Hall–Kier alpha value is -1.78. The van der Waals surface area contributed by atoms with E-state index in [0.717, 1.165) is 5.69 Å². The van der Waals surface area contributed by atoms with Gasteiger partial charge in [0.2, 0.25) is 0 Å². The molecule has 14 heavy (non-hydrogen) atoms. The van der Waals surface area contributed by atoms with Gasteiger partial charge in [-0.15, -0.1) is 0 Å². The first-order valence-electron chi connectivity index (χ1n) is 4.26. The van der Waals surface area contributed by atoms with Crippen molar-refractivity contribution < 1.29 is 4.79 Å². The zero-order valence-corrected chi connectivity index (χ0v) is 8.48. The van der Waals surface area contributed by atoms with Crippen molar-refractivity contribution in [1.82, 2.24) is 14.5 Å². The molecular formula is C9H12N4O. The minimum Gasteiger partial charge on any atom is -0.331 e. The van der Waals surface area contributed by atoms with Crippen LogP contribution in [0.2, 0.25) is 0 Å². The van der Waals surface area contributed by atoms with Crippen molar-refractivity contribution in [2.45, 2.75) is 0 Å². The molecule has 0 fully saturated rings. The summed E-state index contributed by atoms with van der Waals surface area (Å²) in [4.78, 5) is 18.8. The Kier molecular flexibility index (Phi) is 1.64. The summed E-state index contributed by atoms with van der Waals surface area (Å²) in [5.74, 6) is 0.667. The van der Waals surface area contributed by atoms with Gasteiger partial charge >= 0.3 is 6.03 Å². The molecule has 0 aromatic carbocycles. The molecule has 1 aromatic rings. The van der Waals surface area contributed by atoms with Gasteiger partial charge in [-0.3, -0.25) is 9.80 Å². The molecule has 5 nitrogen and oxygen atoms in total. The monoisotopic (exact) mass is 192 g/mol. The SMILES string of the molecule is C=C1c2c(ncn2C)N(C)C(=O)N1C. The first kappa shape index (κ1) is 8.80. The number of hydrogen-bond donors (Lipinski definition) is 0. The summed E-state index contributed by atoms with van der Waals surface area (Å²) in [6, 6.07) is -0.110. The molecule has 0 radical (unpaired) electrons. The van der Waals surface area contributed by atoms with Gasteiger partial charge in [0.15, 0.2) is 5.82 Å². The number of amides is 2. The summed E-state index contributed by atoms with van der Waals surface area (Å²) in [6.45, 7) is 3.87. The molecule has 74 valence electrons. The Morgan fingerprint density at radius 1 is 1.29 bits per heavy atom. The lowest BCUT2D eigenvalue weighted by Crippen LogP contribution is -2.42. The van der Waals surface area contributed by atoms with Crippen LogP contribution in [-0.2, 0) is 7.05 Å². The van der Waals surface area contributed by atoms with Crippen molar-refractivity contribution in [2.24, 2.45) is 7.05 Å². The second kappa shape index (κ2) is 2.60. The molecule has 0 saturated heterocycles. The molecule has 1 aromatic heterocycles. The summed E-state index contributed by atoms with van der Waals surface area (Å²) in [7, 11) is 5.29. The highest BCUT2D eigenvalue weighted by atomic mass is 16.2. The van der Waals surface area contributed by atoms with Gasteiger partial charge in [0.05, 0.1) is 12.0 Å². The average molecular weight is 192 g/mol. The number of rotatable bonds is 0. The topological polar surface area (TPSA) is 41.4 Å². The Balaban J connectivity index is 2.64. The summed E-state index contributed by atoms with van der Waals surface area (Å²) in [5, 5.41) is 0.